The number of hydrogen-bond acceptors (Lipinski definition) is 0. The van der Waals surface area contributed by atoms with E-state index in [2.05, 4.69) is 12.3 Å². The maximum absolute atomic E-state index is 6.18. The van der Waals surface area contributed by atoms with Gasteiger partial charge in [0.25, 0.3) is 0 Å². The monoisotopic (exact) mass is 370 g/mol. The van der Waals surface area contributed by atoms with E-state index in [0.717, 1.165) is 0 Å². The van der Waals surface area contributed by atoms with Crippen LogP contribution in [-0.4, -0.2) is 27.4 Å². The quantitative estimate of drug-likeness (QED) is 0.337. The van der Waals surface area contributed by atoms with Gasteiger partial charge in [-0.15, -0.1) is 63.7 Å². The number of hydrogen-bond donors (Lipinski definition) is 0. The van der Waals surface area contributed by atoms with Gasteiger partial charge in [0.05, 0.1) is 26.5 Å². The van der Waals surface area contributed by atoms with Crippen molar-refractivity contribution in [1.82, 2.24) is 0 Å². The lowest BCUT2D eigenvalue weighted by molar-refractivity contribution is 0.611. The summed E-state index contributed by atoms with van der Waals surface area (Å²) in [5.41, 5.74) is 2.58. The Hall–Kier alpha value is 1.26. The first kappa shape index (κ1) is 19.3. The van der Waals surface area contributed by atoms with Gasteiger partial charge in [-0.1, -0.05) is 18.2 Å². The zero-order chi connectivity index (χ0) is 14.1. The molecule has 106 valence electrons. The third-order valence-electron chi connectivity index (χ3n) is 2.45. The molecule has 6 heteroatoms. The van der Waals surface area contributed by atoms with Gasteiger partial charge in [0, 0.05) is 12.3 Å². The summed E-state index contributed by atoms with van der Waals surface area (Å²) in [6, 6.07) is 0. The molecular formula is C12H16Cl6. The summed E-state index contributed by atoms with van der Waals surface area (Å²) >= 11 is 35.9. The van der Waals surface area contributed by atoms with E-state index in [9.17, 15) is 0 Å². The third-order valence-corrected chi connectivity index (χ3v) is 5.24. The van der Waals surface area contributed by atoms with Crippen LogP contribution in [0.3, 0.4) is 0 Å². The van der Waals surface area contributed by atoms with Crippen LogP contribution >= 0.6 is 69.6 Å². The summed E-state index contributed by atoms with van der Waals surface area (Å²) in [6.45, 7) is 3.44. The van der Waals surface area contributed by atoms with Crippen LogP contribution in [0, 0.1) is 0 Å². The molecule has 0 rings (SSSR count). The molecule has 0 radical (unpaired) electrons. The van der Waals surface area contributed by atoms with E-state index in [1.54, 1.807) is 0 Å². The van der Waals surface area contributed by atoms with E-state index in [4.69, 9.17) is 69.6 Å². The molecule has 0 aromatic rings. The van der Waals surface area contributed by atoms with Crippen LogP contribution in [0.2, 0.25) is 0 Å². The zero-order valence-corrected chi connectivity index (χ0v) is 14.4. The number of allylic oxidation sites excluding steroid dienone is 1. The van der Waals surface area contributed by atoms with Crippen LogP contribution in [0.4, 0.5) is 0 Å². The Morgan fingerprint density at radius 1 is 0.889 bits per heavy atom. The molecule has 0 saturated heterocycles. The van der Waals surface area contributed by atoms with Crippen molar-refractivity contribution in [1.29, 1.82) is 0 Å². The van der Waals surface area contributed by atoms with Gasteiger partial charge in [-0.05, 0) is 19.3 Å². The van der Waals surface area contributed by atoms with Gasteiger partial charge in [0.15, 0.2) is 0 Å². The second-order valence-corrected chi connectivity index (χ2v) is 6.98. The SMILES string of the molecule is C=C=C(Cl)CC(Cl)C(Cl)CCC(Cl)C(Cl)CCCl. The van der Waals surface area contributed by atoms with Gasteiger partial charge in [0.1, 0.15) is 0 Å². The summed E-state index contributed by atoms with van der Waals surface area (Å²) in [5, 5.41) is -0.283. The molecular weight excluding hydrogens is 357 g/mol. The van der Waals surface area contributed by atoms with E-state index >= 15 is 0 Å². The van der Waals surface area contributed by atoms with Crippen molar-refractivity contribution in [3.63, 3.8) is 0 Å². The van der Waals surface area contributed by atoms with E-state index in [1.807, 2.05) is 0 Å². The minimum atomic E-state index is -0.265. The molecule has 4 unspecified atom stereocenters. The smallest absolute Gasteiger partial charge is 0.0606 e. The highest BCUT2D eigenvalue weighted by Crippen LogP contribution is 2.26. The molecule has 0 aliphatic heterocycles. The average molecular weight is 373 g/mol. The molecule has 4 atom stereocenters. The van der Waals surface area contributed by atoms with Crippen molar-refractivity contribution in [2.24, 2.45) is 0 Å². The third kappa shape index (κ3) is 8.43. The van der Waals surface area contributed by atoms with Crippen molar-refractivity contribution < 1.29 is 0 Å². The number of rotatable bonds is 9. The lowest BCUT2D eigenvalue weighted by Gasteiger charge is -2.19. The Morgan fingerprint density at radius 2 is 1.33 bits per heavy atom. The molecule has 18 heavy (non-hydrogen) atoms. The summed E-state index contributed by atoms with van der Waals surface area (Å²) in [5.74, 6) is 0.500. The van der Waals surface area contributed by atoms with Crippen LogP contribution in [0.1, 0.15) is 25.7 Å². The Labute approximate surface area is 139 Å². The highest BCUT2D eigenvalue weighted by atomic mass is 35.5. The van der Waals surface area contributed by atoms with Crippen molar-refractivity contribution >= 4 is 69.6 Å². The minimum Gasteiger partial charge on any atom is -0.127 e. The van der Waals surface area contributed by atoms with E-state index in [-0.39, 0.29) is 21.5 Å². The lowest BCUT2D eigenvalue weighted by Crippen LogP contribution is -2.21. The van der Waals surface area contributed by atoms with Gasteiger partial charge in [-0.2, -0.15) is 0 Å². The van der Waals surface area contributed by atoms with Crippen molar-refractivity contribution in [3.05, 3.63) is 17.3 Å². The maximum atomic E-state index is 6.18. The highest BCUT2D eigenvalue weighted by molar-refractivity contribution is 6.33. The molecule has 0 bridgehead atoms. The zero-order valence-electron chi connectivity index (χ0n) is 9.82. The van der Waals surface area contributed by atoms with Crippen LogP contribution < -0.4 is 0 Å². The Kier molecular flexibility index (Phi) is 11.7. The molecule has 0 fully saturated rings. The van der Waals surface area contributed by atoms with Crippen LogP contribution in [0.25, 0.3) is 0 Å². The number of halogens is 6. The Bertz CT molecular complexity index is 274. The van der Waals surface area contributed by atoms with Gasteiger partial charge < -0.3 is 0 Å². The molecule has 0 nitrogen and oxygen atoms in total. The first-order chi connectivity index (χ1) is 8.42. The summed E-state index contributed by atoms with van der Waals surface area (Å²) in [7, 11) is 0. The molecule has 0 N–H and O–H groups in total. The van der Waals surface area contributed by atoms with Gasteiger partial charge in [0.2, 0.25) is 0 Å². The van der Waals surface area contributed by atoms with E-state index < -0.39 is 0 Å². The Balaban J connectivity index is 4.01. The predicted molar refractivity (Wildman–Crippen MR) is 86.3 cm³/mol. The first-order valence-corrected chi connectivity index (χ1v) is 8.24. The topological polar surface area (TPSA) is 0 Å². The fourth-order valence-corrected chi connectivity index (χ4v) is 2.91. The predicted octanol–water partition coefficient (Wildman–Crippen LogP) is 6.12. The largest absolute Gasteiger partial charge is 0.127 e. The molecule has 0 heterocycles. The van der Waals surface area contributed by atoms with E-state index in [0.29, 0.717) is 36.6 Å². The number of alkyl halides is 5. The summed E-state index contributed by atoms with van der Waals surface area (Å²) < 4.78 is 0. The molecule has 0 aliphatic rings. The standard InChI is InChI=1S/C12H16Cl6/c1-2-8(14)7-12(18)10(16)4-3-9(15)11(17)5-6-13/h9-12H,1,3-7H2. The van der Waals surface area contributed by atoms with Crippen molar-refractivity contribution in [3.8, 4) is 0 Å². The van der Waals surface area contributed by atoms with Crippen LogP contribution in [-0.2, 0) is 0 Å². The molecule has 0 amide bonds. The van der Waals surface area contributed by atoms with E-state index in [1.165, 1.54) is 0 Å². The van der Waals surface area contributed by atoms with Gasteiger partial charge in [-0.3, -0.25) is 0 Å². The normalized spacial score (nSPS) is 17.7. The van der Waals surface area contributed by atoms with Crippen LogP contribution in [0.15, 0.2) is 17.3 Å². The second-order valence-electron chi connectivity index (χ2n) is 3.90. The summed E-state index contributed by atoms with van der Waals surface area (Å²) in [4.78, 5) is 0. The fraction of sp³-hybridized carbons (Fsp3) is 0.750. The minimum absolute atomic E-state index is 0.140. The van der Waals surface area contributed by atoms with Crippen LogP contribution in [0.5, 0.6) is 0 Å². The summed E-state index contributed by atoms with van der Waals surface area (Å²) in [6.07, 6.45) is 2.51. The molecule has 0 aromatic heterocycles. The first-order valence-electron chi connectivity index (χ1n) is 5.59. The second kappa shape index (κ2) is 11.0. The highest BCUT2D eigenvalue weighted by Gasteiger charge is 2.22. The molecule has 0 aliphatic carbocycles. The fourth-order valence-electron chi connectivity index (χ4n) is 1.34. The average Bonchev–Trinajstić information content (AvgIpc) is 2.35. The Morgan fingerprint density at radius 3 is 1.78 bits per heavy atom. The van der Waals surface area contributed by atoms with Crippen molar-refractivity contribution in [2.45, 2.75) is 47.2 Å². The molecule has 0 aromatic carbocycles. The van der Waals surface area contributed by atoms with Gasteiger partial charge in [-0.25, -0.2) is 0 Å². The van der Waals surface area contributed by atoms with Crippen molar-refractivity contribution in [2.75, 3.05) is 5.88 Å². The molecule has 0 spiro atoms. The lowest BCUT2D eigenvalue weighted by atomic mass is 10.1. The molecule has 0 saturated carbocycles. The van der Waals surface area contributed by atoms with Gasteiger partial charge >= 0.3 is 0 Å². The maximum Gasteiger partial charge on any atom is 0.0606 e.